The number of carbonyl (C=O) groups is 2. The van der Waals surface area contributed by atoms with Crippen molar-refractivity contribution in [3.05, 3.63) is 0 Å². The second-order valence-corrected chi connectivity index (χ2v) is 6.33. The molecule has 0 bridgehead atoms. The molecule has 0 aromatic carbocycles. The van der Waals surface area contributed by atoms with Gasteiger partial charge < -0.3 is 15.0 Å². The van der Waals surface area contributed by atoms with E-state index in [1.54, 1.807) is 12.0 Å². The number of hydrogen-bond donors (Lipinski definition) is 1. The fourth-order valence-electron chi connectivity index (χ4n) is 3.30. The summed E-state index contributed by atoms with van der Waals surface area (Å²) in [5.74, 6) is 0.0488. The topological polar surface area (TPSA) is 58.6 Å². The molecule has 2 unspecified atom stereocenters. The van der Waals surface area contributed by atoms with Crippen molar-refractivity contribution in [3.63, 3.8) is 0 Å². The standard InChI is InChI=1S/C15H26N2O3/c1-5-14(3)12(18)16-15(8-6-7-9-15)13(19)17(14)10-11(2)20-4/h11H,5-10H2,1-4H3,(H,16,18). The number of hydrogen-bond acceptors (Lipinski definition) is 3. The molecular formula is C15H26N2O3. The van der Waals surface area contributed by atoms with Crippen LogP contribution in [0, 0.1) is 0 Å². The molecule has 1 aliphatic carbocycles. The predicted octanol–water partition coefficient (Wildman–Crippen LogP) is 1.46. The Balaban J connectivity index is 2.34. The van der Waals surface area contributed by atoms with E-state index in [1.807, 2.05) is 20.8 Å². The van der Waals surface area contributed by atoms with Gasteiger partial charge in [0.25, 0.3) is 0 Å². The monoisotopic (exact) mass is 282 g/mol. The van der Waals surface area contributed by atoms with Crippen LogP contribution in [0.4, 0.5) is 0 Å². The Morgan fingerprint density at radius 1 is 1.35 bits per heavy atom. The van der Waals surface area contributed by atoms with Gasteiger partial charge in [-0.2, -0.15) is 0 Å². The fourth-order valence-corrected chi connectivity index (χ4v) is 3.30. The Hall–Kier alpha value is -1.10. The van der Waals surface area contributed by atoms with Gasteiger partial charge in [-0.05, 0) is 33.1 Å². The van der Waals surface area contributed by atoms with Crippen molar-refractivity contribution < 1.29 is 14.3 Å². The number of piperazine rings is 1. The molecule has 0 aromatic rings. The summed E-state index contributed by atoms with van der Waals surface area (Å²) in [5, 5.41) is 3.03. The minimum absolute atomic E-state index is 0.0233. The molecule has 2 aliphatic rings. The summed E-state index contributed by atoms with van der Waals surface area (Å²) in [7, 11) is 1.63. The van der Waals surface area contributed by atoms with Crippen LogP contribution in [0.1, 0.15) is 52.9 Å². The highest BCUT2D eigenvalue weighted by Crippen LogP contribution is 2.38. The van der Waals surface area contributed by atoms with Crippen molar-refractivity contribution >= 4 is 11.8 Å². The van der Waals surface area contributed by atoms with E-state index in [0.29, 0.717) is 13.0 Å². The molecule has 1 heterocycles. The van der Waals surface area contributed by atoms with Crippen LogP contribution in [0.3, 0.4) is 0 Å². The second kappa shape index (κ2) is 5.35. The van der Waals surface area contributed by atoms with Gasteiger partial charge >= 0.3 is 0 Å². The van der Waals surface area contributed by atoms with Gasteiger partial charge in [0.05, 0.1) is 6.10 Å². The fraction of sp³-hybridized carbons (Fsp3) is 0.867. The van der Waals surface area contributed by atoms with Gasteiger partial charge in [-0.25, -0.2) is 0 Å². The summed E-state index contributed by atoms with van der Waals surface area (Å²) < 4.78 is 5.30. The van der Waals surface area contributed by atoms with Gasteiger partial charge in [0.1, 0.15) is 11.1 Å². The van der Waals surface area contributed by atoms with Gasteiger partial charge in [-0.1, -0.05) is 19.8 Å². The smallest absolute Gasteiger partial charge is 0.249 e. The highest BCUT2D eigenvalue weighted by Gasteiger charge is 2.56. The van der Waals surface area contributed by atoms with Crippen molar-refractivity contribution in [2.75, 3.05) is 13.7 Å². The molecule has 5 heteroatoms. The van der Waals surface area contributed by atoms with Crippen LogP contribution in [0.25, 0.3) is 0 Å². The average Bonchev–Trinajstić information content (AvgIpc) is 2.90. The van der Waals surface area contributed by atoms with Gasteiger partial charge in [0, 0.05) is 13.7 Å². The summed E-state index contributed by atoms with van der Waals surface area (Å²) in [4.78, 5) is 27.3. The number of nitrogens with one attached hydrogen (secondary N) is 1. The largest absolute Gasteiger partial charge is 0.380 e. The van der Waals surface area contributed by atoms with E-state index < -0.39 is 11.1 Å². The van der Waals surface area contributed by atoms with E-state index in [4.69, 9.17) is 4.74 Å². The van der Waals surface area contributed by atoms with Crippen molar-refractivity contribution in [2.24, 2.45) is 0 Å². The summed E-state index contributed by atoms with van der Waals surface area (Å²) >= 11 is 0. The summed E-state index contributed by atoms with van der Waals surface area (Å²) in [6.07, 6.45) is 4.06. The van der Waals surface area contributed by atoms with Crippen LogP contribution in [0.15, 0.2) is 0 Å². The van der Waals surface area contributed by atoms with Crippen molar-refractivity contribution in [2.45, 2.75) is 70.1 Å². The molecular weight excluding hydrogens is 256 g/mol. The van der Waals surface area contributed by atoms with Crippen molar-refractivity contribution in [3.8, 4) is 0 Å². The van der Waals surface area contributed by atoms with Gasteiger partial charge in [0.2, 0.25) is 11.8 Å². The molecule has 2 amide bonds. The first-order valence-corrected chi connectivity index (χ1v) is 7.57. The van der Waals surface area contributed by atoms with Crippen LogP contribution in [0.2, 0.25) is 0 Å². The van der Waals surface area contributed by atoms with E-state index in [0.717, 1.165) is 25.7 Å². The zero-order valence-corrected chi connectivity index (χ0v) is 13.0. The maximum atomic E-state index is 13.0. The summed E-state index contributed by atoms with van der Waals surface area (Å²) in [5.41, 5.74) is -1.42. The second-order valence-electron chi connectivity index (χ2n) is 6.33. The Kier molecular flexibility index (Phi) is 4.09. The molecule has 1 aliphatic heterocycles. The number of amides is 2. The molecule has 20 heavy (non-hydrogen) atoms. The first kappa shape index (κ1) is 15.3. The van der Waals surface area contributed by atoms with Crippen LogP contribution in [-0.4, -0.2) is 47.6 Å². The zero-order chi connectivity index (χ0) is 15.0. The van der Waals surface area contributed by atoms with Crippen molar-refractivity contribution in [1.82, 2.24) is 10.2 Å². The summed E-state index contributed by atoms with van der Waals surface area (Å²) in [6, 6.07) is 0. The first-order valence-electron chi connectivity index (χ1n) is 7.57. The van der Waals surface area contributed by atoms with E-state index >= 15 is 0 Å². The molecule has 1 saturated heterocycles. The molecule has 5 nitrogen and oxygen atoms in total. The molecule has 2 fully saturated rings. The predicted molar refractivity (Wildman–Crippen MR) is 76.2 cm³/mol. The zero-order valence-electron chi connectivity index (χ0n) is 13.0. The number of ether oxygens (including phenoxy) is 1. The Morgan fingerprint density at radius 3 is 2.45 bits per heavy atom. The normalized spacial score (nSPS) is 30.7. The number of nitrogens with zero attached hydrogens (tertiary/aromatic N) is 1. The molecule has 2 atom stereocenters. The minimum Gasteiger partial charge on any atom is -0.380 e. The molecule has 0 radical (unpaired) electrons. The number of methoxy groups -OCH3 is 1. The highest BCUT2D eigenvalue weighted by atomic mass is 16.5. The maximum Gasteiger partial charge on any atom is 0.249 e. The molecule has 0 aromatic heterocycles. The quantitative estimate of drug-likeness (QED) is 0.849. The highest BCUT2D eigenvalue weighted by molar-refractivity contribution is 6.02. The third-order valence-corrected chi connectivity index (χ3v) is 5.08. The molecule has 114 valence electrons. The van der Waals surface area contributed by atoms with Gasteiger partial charge in [-0.3, -0.25) is 9.59 Å². The van der Waals surface area contributed by atoms with E-state index in [9.17, 15) is 9.59 Å². The molecule has 1 N–H and O–H groups in total. The van der Waals surface area contributed by atoms with Gasteiger partial charge in [0.15, 0.2) is 0 Å². The van der Waals surface area contributed by atoms with Gasteiger partial charge in [-0.15, -0.1) is 0 Å². The third kappa shape index (κ3) is 2.22. The maximum absolute atomic E-state index is 13.0. The van der Waals surface area contributed by atoms with E-state index in [1.165, 1.54) is 0 Å². The van der Waals surface area contributed by atoms with E-state index in [2.05, 4.69) is 5.32 Å². The number of rotatable bonds is 4. The SMILES string of the molecule is CCC1(C)C(=O)NC2(CCCC2)C(=O)N1CC(C)OC. The van der Waals surface area contributed by atoms with Crippen LogP contribution < -0.4 is 5.32 Å². The number of carbonyl (C=O) groups excluding carboxylic acids is 2. The molecule has 2 rings (SSSR count). The Bertz CT molecular complexity index is 404. The van der Waals surface area contributed by atoms with Crippen LogP contribution in [0.5, 0.6) is 0 Å². The molecule has 1 saturated carbocycles. The summed E-state index contributed by atoms with van der Waals surface area (Å²) in [6.45, 7) is 6.19. The van der Waals surface area contributed by atoms with Crippen LogP contribution >= 0.6 is 0 Å². The lowest BCUT2D eigenvalue weighted by atomic mass is 9.83. The third-order valence-electron chi connectivity index (χ3n) is 5.08. The average molecular weight is 282 g/mol. The Morgan fingerprint density at radius 2 is 1.95 bits per heavy atom. The molecule has 1 spiro atoms. The van der Waals surface area contributed by atoms with E-state index in [-0.39, 0.29) is 17.9 Å². The lowest BCUT2D eigenvalue weighted by Gasteiger charge is -2.50. The first-order chi connectivity index (χ1) is 9.39. The lowest BCUT2D eigenvalue weighted by Crippen LogP contribution is -2.74. The van der Waals surface area contributed by atoms with Crippen LogP contribution in [-0.2, 0) is 14.3 Å². The minimum atomic E-state index is -0.766. The van der Waals surface area contributed by atoms with Crippen molar-refractivity contribution in [1.29, 1.82) is 0 Å². The Labute approximate surface area is 121 Å². The lowest BCUT2D eigenvalue weighted by molar-refractivity contribution is -0.164.